The molecule has 1 saturated heterocycles. The van der Waals surface area contributed by atoms with Crippen LogP contribution < -0.4 is 10.6 Å². The minimum Gasteiger partial charge on any atom is -0.381 e. The van der Waals surface area contributed by atoms with Crippen molar-refractivity contribution >= 4 is 34.8 Å². The summed E-state index contributed by atoms with van der Waals surface area (Å²) in [5, 5.41) is 6.69. The fourth-order valence-electron chi connectivity index (χ4n) is 2.03. The number of carbonyl (C=O) groups excluding carboxylic acids is 1. The molecular formula is C13H17Cl2N3O2. The predicted molar refractivity (Wildman–Crippen MR) is 79.3 cm³/mol. The molecule has 1 fully saturated rings. The monoisotopic (exact) mass is 317 g/mol. The number of aromatic nitrogens is 1. The number of anilines is 1. The van der Waals surface area contributed by atoms with Gasteiger partial charge in [0.15, 0.2) is 0 Å². The van der Waals surface area contributed by atoms with Crippen LogP contribution in [0.3, 0.4) is 0 Å². The van der Waals surface area contributed by atoms with Crippen LogP contribution in [0.1, 0.15) is 19.8 Å². The Balaban J connectivity index is 1.89. The van der Waals surface area contributed by atoms with E-state index in [1.807, 2.05) is 6.92 Å². The summed E-state index contributed by atoms with van der Waals surface area (Å²) in [6.45, 7) is 3.29. The summed E-state index contributed by atoms with van der Waals surface area (Å²) >= 11 is 11.7. The van der Waals surface area contributed by atoms with Gasteiger partial charge >= 0.3 is 0 Å². The number of amides is 1. The first-order valence-corrected chi connectivity index (χ1v) is 7.27. The third-order valence-electron chi connectivity index (χ3n) is 3.18. The van der Waals surface area contributed by atoms with Gasteiger partial charge in [-0.3, -0.25) is 4.79 Å². The van der Waals surface area contributed by atoms with E-state index in [-0.39, 0.29) is 11.9 Å². The number of ether oxygens (including phenoxy) is 1. The average Bonchev–Trinajstić information content (AvgIpc) is 2.43. The van der Waals surface area contributed by atoms with Crippen LogP contribution in [-0.2, 0) is 9.53 Å². The molecule has 2 rings (SSSR count). The van der Waals surface area contributed by atoms with Crippen LogP contribution in [-0.4, -0.2) is 36.2 Å². The second kappa shape index (κ2) is 7.22. The fraction of sp³-hybridized carbons (Fsp3) is 0.538. The van der Waals surface area contributed by atoms with Crippen LogP contribution in [0.25, 0.3) is 0 Å². The quantitative estimate of drug-likeness (QED) is 0.837. The Morgan fingerprint density at radius 1 is 1.45 bits per heavy atom. The highest BCUT2D eigenvalue weighted by molar-refractivity contribution is 6.36. The van der Waals surface area contributed by atoms with Crippen molar-refractivity contribution in [2.24, 2.45) is 0 Å². The molecule has 0 bridgehead atoms. The second-order valence-electron chi connectivity index (χ2n) is 4.75. The van der Waals surface area contributed by atoms with Crippen LogP contribution in [0.5, 0.6) is 0 Å². The molecule has 0 unspecified atom stereocenters. The molecule has 1 atom stereocenters. The average molecular weight is 318 g/mol. The smallest absolute Gasteiger partial charge is 0.241 e. The number of hydrogen-bond acceptors (Lipinski definition) is 4. The number of carbonyl (C=O) groups is 1. The van der Waals surface area contributed by atoms with Gasteiger partial charge in [0.05, 0.1) is 22.9 Å². The zero-order chi connectivity index (χ0) is 14.5. The normalized spacial score (nSPS) is 17.8. The van der Waals surface area contributed by atoms with Gasteiger partial charge in [0.1, 0.15) is 5.15 Å². The maximum atomic E-state index is 12.1. The molecule has 0 spiro atoms. The van der Waals surface area contributed by atoms with Crippen molar-refractivity contribution < 1.29 is 9.53 Å². The fourth-order valence-corrected chi connectivity index (χ4v) is 2.45. The van der Waals surface area contributed by atoms with E-state index in [0.717, 1.165) is 26.1 Å². The maximum absolute atomic E-state index is 12.1. The van der Waals surface area contributed by atoms with Gasteiger partial charge in [-0.1, -0.05) is 23.2 Å². The van der Waals surface area contributed by atoms with E-state index in [1.165, 1.54) is 12.3 Å². The van der Waals surface area contributed by atoms with E-state index in [0.29, 0.717) is 21.9 Å². The molecule has 1 aliphatic rings. The van der Waals surface area contributed by atoms with E-state index < -0.39 is 0 Å². The summed E-state index contributed by atoms with van der Waals surface area (Å²) in [5.41, 5.74) is 0.460. The lowest BCUT2D eigenvalue weighted by Gasteiger charge is -2.26. The molecular weight excluding hydrogens is 301 g/mol. The molecule has 0 radical (unpaired) electrons. The first-order chi connectivity index (χ1) is 9.56. The topological polar surface area (TPSA) is 63.2 Å². The first kappa shape index (κ1) is 15.5. The predicted octanol–water partition coefficient (Wildman–Crippen LogP) is 2.48. The molecule has 5 nitrogen and oxygen atoms in total. The summed E-state index contributed by atoms with van der Waals surface area (Å²) in [7, 11) is 0. The number of rotatable bonds is 4. The summed E-state index contributed by atoms with van der Waals surface area (Å²) in [6, 6.07) is 1.49. The SMILES string of the molecule is C[C@H](NC1CCOCC1)C(=O)Nc1cnc(Cl)cc1Cl. The maximum Gasteiger partial charge on any atom is 0.241 e. The standard InChI is InChI=1S/C13H17Cl2N3O2/c1-8(17-9-2-4-20-5-3-9)13(19)18-11-7-16-12(15)6-10(11)14/h6-9,17H,2-5H2,1H3,(H,18,19)/t8-/m0/s1. The van der Waals surface area contributed by atoms with Crippen molar-refractivity contribution in [1.82, 2.24) is 10.3 Å². The molecule has 7 heteroatoms. The van der Waals surface area contributed by atoms with Crippen LogP contribution in [0.4, 0.5) is 5.69 Å². The van der Waals surface area contributed by atoms with Crippen LogP contribution >= 0.6 is 23.2 Å². The Morgan fingerprint density at radius 3 is 2.80 bits per heavy atom. The third-order valence-corrected chi connectivity index (χ3v) is 3.70. The van der Waals surface area contributed by atoms with E-state index in [1.54, 1.807) is 0 Å². The van der Waals surface area contributed by atoms with Crippen molar-refractivity contribution in [1.29, 1.82) is 0 Å². The molecule has 1 amide bonds. The van der Waals surface area contributed by atoms with Crippen molar-refractivity contribution in [2.75, 3.05) is 18.5 Å². The van der Waals surface area contributed by atoms with Crippen LogP contribution in [0.15, 0.2) is 12.3 Å². The van der Waals surface area contributed by atoms with Gasteiger partial charge in [0.25, 0.3) is 0 Å². The van der Waals surface area contributed by atoms with Crippen molar-refractivity contribution in [3.8, 4) is 0 Å². The molecule has 1 aromatic heterocycles. The summed E-state index contributed by atoms with van der Waals surface area (Å²) < 4.78 is 5.29. The molecule has 110 valence electrons. The molecule has 0 saturated carbocycles. The van der Waals surface area contributed by atoms with Crippen LogP contribution in [0.2, 0.25) is 10.2 Å². The highest BCUT2D eigenvalue weighted by Gasteiger charge is 2.20. The van der Waals surface area contributed by atoms with Gasteiger partial charge in [-0.15, -0.1) is 0 Å². The number of pyridine rings is 1. The lowest BCUT2D eigenvalue weighted by atomic mass is 10.1. The molecule has 0 aromatic carbocycles. The number of nitrogens with one attached hydrogen (secondary N) is 2. The highest BCUT2D eigenvalue weighted by atomic mass is 35.5. The number of hydrogen-bond donors (Lipinski definition) is 2. The van der Waals surface area contributed by atoms with E-state index in [9.17, 15) is 4.79 Å². The molecule has 0 aliphatic carbocycles. The highest BCUT2D eigenvalue weighted by Crippen LogP contribution is 2.23. The Labute approximate surface area is 128 Å². The molecule has 2 heterocycles. The largest absolute Gasteiger partial charge is 0.381 e. The Bertz CT molecular complexity index is 479. The summed E-state index contributed by atoms with van der Waals surface area (Å²) in [4.78, 5) is 16.0. The zero-order valence-electron chi connectivity index (χ0n) is 11.2. The van der Waals surface area contributed by atoms with Gasteiger partial charge in [0, 0.05) is 19.3 Å². The molecule has 1 aliphatic heterocycles. The van der Waals surface area contributed by atoms with Gasteiger partial charge in [0.2, 0.25) is 5.91 Å². The minimum atomic E-state index is -0.315. The zero-order valence-corrected chi connectivity index (χ0v) is 12.7. The Hall–Kier alpha value is -0.880. The molecule has 20 heavy (non-hydrogen) atoms. The summed E-state index contributed by atoms with van der Waals surface area (Å²) in [5.74, 6) is -0.150. The summed E-state index contributed by atoms with van der Waals surface area (Å²) in [6.07, 6.45) is 3.28. The van der Waals surface area contributed by atoms with E-state index in [2.05, 4.69) is 15.6 Å². The van der Waals surface area contributed by atoms with Crippen molar-refractivity contribution in [3.05, 3.63) is 22.4 Å². The van der Waals surface area contributed by atoms with Gasteiger partial charge in [-0.2, -0.15) is 0 Å². The Morgan fingerprint density at radius 2 is 2.15 bits per heavy atom. The second-order valence-corrected chi connectivity index (χ2v) is 5.55. The van der Waals surface area contributed by atoms with Crippen LogP contribution in [0, 0.1) is 0 Å². The lowest BCUT2D eigenvalue weighted by Crippen LogP contribution is -2.46. The third kappa shape index (κ3) is 4.31. The molecule has 1 aromatic rings. The number of nitrogens with zero attached hydrogens (tertiary/aromatic N) is 1. The van der Waals surface area contributed by atoms with E-state index in [4.69, 9.17) is 27.9 Å². The lowest BCUT2D eigenvalue weighted by molar-refractivity contribution is -0.118. The minimum absolute atomic E-state index is 0.150. The first-order valence-electron chi connectivity index (χ1n) is 6.52. The van der Waals surface area contributed by atoms with Crippen molar-refractivity contribution in [2.45, 2.75) is 31.8 Å². The number of halogens is 2. The molecule has 2 N–H and O–H groups in total. The van der Waals surface area contributed by atoms with Crippen molar-refractivity contribution in [3.63, 3.8) is 0 Å². The van der Waals surface area contributed by atoms with Gasteiger partial charge in [-0.25, -0.2) is 4.98 Å². The van der Waals surface area contributed by atoms with E-state index >= 15 is 0 Å². The van der Waals surface area contributed by atoms with Gasteiger partial charge in [-0.05, 0) is 25.8 Å². The Kier molecular flexibility index (Phi) is 5.60. The van der Waals surface area contributed by atoms with Gasteiger partial charge < -0.3 is 15.4 Å².